The number of rotatable bonds is 4. The molecule has 1 atom stereocenters. The molecular formula is C25H25N3O2S. The van der Waals surface area contributed by atoms with Crippen molar-refractivity contribution in [3.63, 3.8) is 0 Å². The van der Waals surface area contributed by atoms with Gasteiger partial charge in [0.15, 0.2) is 0 Å². The molecule has 1 fully saturated rings. The minimum absolute atomic E-state index is 0.0702. The Morgan fingerprint density at radius 1 is 1.03 bits per heavy atom. The summed E-state index contributed by atoms with van der Waals surface area (Å²) in [5, 5.41) is 2.04. The van der Waals surface area contributed by atoms with Gasteiger partial charge in [0.2, 0.25) is 0 Å². The van der Waals surface area contributed by atoms with Crippen LogP contribution in [0.3, 0.4) is 0 Å². The number of aryl methyl sites for hydroxylation is 1. The lowest BCUT2D eigenvalue weighted by atomic mass is 10.0. The Morgan fingerprint density at radius 3 is 2.58 bits per heavy atom. The molecule has 0 bridgehead atoms. The Bertz CT molecular complexity index is 1100. The maximum atomic E-state index is 14.2. The number of amides is 1. The van der Waals surface area contributed by atoms with Crippen LogP contribution in [0.5, 0.6) is 0 Å². The van der Waals surface area contributed by atoms with E-state index in [1.54, 1.807) is 11.3 Å². The van der Waals surface area contributed by atoms with E-state index in [0.717, 1.165) is 46.2 Å². The van der Waals surface area contributed by atoms with E-state index >= 15 is 0 Å². The monoisotopic (exact) mass is 431 g/mol. The molecule has 5 rings (SSSR count). The van der Waals surface area contributed by atoms with E-state index in [9.17, 15) is 4.79 Å². The van der Waals surface area contributed by atoms with Crippen LogP contribution >= 0.6 is 11.3 Å². The summed E-state index contributed by atoms with van der Waals surface area (Å²) in [4.78, 5) is 24.3. The fraction of sp³-hybridized carbons (Fsp3) is 0.280. The zero-order valence-electron chi connectivity index (χ0n) is 17.5. The van der Waals surface area contributed by atoms with Crippen molar-refractivity contribution in [2.75, 3.05) is 26.3 Å². The smallest absolute Gasteiger partial charge is 0.251 e. The van der Waals surface area contributed by atoms with Crippen LogP contribution in [0.25, 0.3) is 0 Å². The van der Waals surface area contributed by atoms with Gasteiger partial charge >= 0.3 is 0 Å². The van der Waals surface area contributed by atoms with Gasteiger partial charge in [0.25, 0.3) is 5.91 Å². The number of carbonyl (C=O) groups excluding carboxylic acids is 1. The van der Waals surface area contributed by atoms with Gasteiger partial charge in [0.05, 0.1) is 25.4 Å². The highest BCUT2D eigenvalue weighted by molar-refractivity contribution is 7.10. The van der Waals surface area contributed by atoms with Gasteiger partial charge in [-0.25, -0.2) is 4.99 Å². The number of thiophene rings is 1. The highest BCUT2D eigenvalue weighted by Crippen LogP contribution is 2.34. The number of hydrogen-bond acceptors (Lipinski definition) is 5. The summed E-state index contributed by atoms with van der Waals surface area (Å²) in [5.74, 6) is 0.803. The van der Waals surface area contributed by atoms with Gasteiger partial charge in [0, 0.05) is 23.5 Å². The summed E-state index contributed by atoms with van der Waals surface area (Å²) in [5.41, 5.74) is 4.11. The van der Waals surface area contributed by atoms with Crippen LogP contribution in [0.15, 0.2) is 71.0 Å². The molecule has 0 saturated carbocycles. The minimum atomic E-state index is -0.330. The van der Waals surface area contributed by atoms with E-state index in [1.807, 2.05) is 46.7 Å². The highest BCUT2D eigenvalue weighted by atomic mass is 32.1. The first kappa shape index (κ1) is 20.1. The zero-order valence-corrected chi connectivity index (χ0v) is 18.3. The van der Waals surface area contributed by atoms with Crippen LogP contribution in [0.2, 0.25) is 0 Å². The molecule has 1 unspecified atom stereocenters. The molecule has 2 aliphatic rings. The Morgan fingerprint density at radius 2 is 1.81 bits per heavy atom. The lowest BCUT2D eigenvalue weighted by Gasteiger charge is -2.38. The fourth-order valence-corrected chi connectivity index (χ4v) is 5.12. The Kier molecular flexibility index (Phi) is 5.68. The first-order valence-electron chi connectivity index (χ1n) is 10.6. The number of morpholine rings is 1. The average Bonchev–Trinajstić information content (AvgIpc) is 3.34. The van der Waals surface area contributed by atoms with Crippen LogP contribution in [0, 0.1) is 6.92 Å². The number of benzene rings is 2. The van der Waals surface area contributed by atoms with Crippen molar-refractivity contribution in [3.8, 4) is 0 Å². The van der Waals surface area contributed by atoms with E-state index in [2.05, 4.69) is 36.1 Å². The largest absolute Gasteiger partial charge is 0.379 e. The van der Waals surface area contributed by atoms with Crippen molar-refractivity contribution >= 4 is 28.8 Å². The summed E-state index contributed by atoms with van der Waals surface area (Å²) >= 11 is 1.63. The van der Waals surface area contributed by atoms with E-state index in [1.165, 1.54) is 0 Å². The minimum Gasteiger partial charge on any atom is -0.379 e. The van der Waals surface area contributed by atoms with Crippen LogP contribution in [0.4, 0.5) is 5.69 Å². The van der Waals surface area contributed by atoms with Crippen LogP contribution in [-0.4, -0.2) is 47.8 Å². The van der Waals surface area contributed by atoms with Crippen molar-refractivity contribution in [1.82, 2.24) is 9.80 Å². The molecular weight excluding hydrogens is 406 g/mol. The second kappa shape index (κ2) is 8.75. The molecule has 0 aliphatic carbocycles. The van der Waals surface area contributed by atoms with Gasteiger partial charge in [0.1, 0.15) is 11.9 Å². The molecule has 0 spiro atoms. The van der Waals surface area contributed by atoms with E-state index in [-0.39, 0.29) is 11.9 Å². The molecule has 2 aliphatic heterocycles. The third-order valence-corrected chi connectivity index (χ3v) is 6.84. The topological polar surface area (TPSA) is 45.1 Å². The predicted octanol–water partition coefficient (Wildman–Crippen LogP) is 4.55. The Balaban J connectivity index is 1.59. The molecule has 2 aromatic carbocycles. The van der Waals surface area contributed by atoms with Gasteiger partial charge in [-0.1, -0.05) is 48.5 Å². The summed E-state index contributed by atoms with van der Waals surface area (Å²) in [6.45, 7) is 5.38. The number of nitrogens with zero attached hydrogens (tertiary/aromatic N) is 3. The molecule has 5 nitrogen and oxygen atoms in total. The Hall–Kier alpha value is -2.80. The summed E-state index contributed by atoms with van der Waals surface area (Å²) in [6.07, 6.45) is 0. The molecule has 0 N–H and O–H groups in total. The SMILES string of the molecule is Cc1ccccc1C1=Nc2ccccc2CN1C(=O)C(c1cccs1)N1CCOCC1. The third kappa shape index (κ3) is 3.94. The van der Waals surface area contributed by atoms with E-state index in [4.69, 9.17) is 9.73 Å². The standard InChI is InChI=1S/C25H25N3O2S/c1-18-7-2-4-9-20(18)24-26-21-10-5-3-8-19(21)17-28(24)25(29)23(22-11-6-16-31-22)27-12-14-30-15-13-27/h2-11,16,23H,12-15,17H2,1H3. The van der Waals surface area contributed by atoms with Crippen molar-refractivity contribution in [3.05, 3.63) is 87.6 Å². The first-order chi connectivity index (χ1) is 15.2. The lowest BCUT2D eigenvalue weighted by molar-refractivity contribution is -0.135. The second-order valence-corrected chi connectivity index (χ2v) is 8.85. The van der Waals surface area contributed by atoms with Crippen LogP contribution in [-0.2, 0) is 16.1 Å². The number of fused-ring (bicyclic) bond motifs is 1. The number of amidine groups is 1. The summed E-state index contributed by atoms with van der Waals surface area (Å²) in [6, 6.07) is 20.0. The number of hydrogen-bond donors (Lipinski definition) is 0. The van der Waals surface area contributed by atoms with Gasteiger partial charge in [-0.15, -0.1) is 11.3 Å². The van der Waals surface area contributed by atoms with Gasteiger partial charge in [-0.2, -0.15) is 0 Å². The molecule has 3 heterocycles. The van der Waals surface area contributed by atoms with Crippen molar-refractivity contribution in [2.24, 2.45) is 4.99 Å². The molecule has 1 aromatic heterocycles. The second-order valence-electron chi connectivity index (χ2n) is 7.87. The molecule has 31 heavy (non-hydrogen) atoms. The van der Waals surface area contributed by atoms with Crippen LogP contribution < -0.4 is 0 Å². The maximum Gasteiger partial charge on any atom is 0.251 e. The van der Waals surface area contributed by atoms with Crippen LogP contribution in [0.1, 0.15) is 27.6 Å². The normalized spacial score (nSPS) is 17.7. The summed E-state index contributed by atoms with van der Waals surface area (Å²) in [7, 11) is 0. The molecule has 0 radical (unpaired) electrons. The molecule has 6 heteroatoms. The highest BCUT2D eigenvalue weighted by Gasteiger charge is 2.37. The maximum absolute atomic E-state index is 14.2. The van der Waals surface area contributed by atoms with Crippen molar-refractivity contribution < 1.29 is 9.53 Å². The predicted molar refractivity (Wildman–Crippen MR) is 124 cm³/mol. The van der Waals surface area contributed by atoms with Gasteiger partial charge in [-0.05, 0) is 35.6 Å². The fourth-order valence-electron chi connectivity index (χ4n) is 4.27. The zero-order chi connectivity index (χ0) is 21.2. The lowest BCUT2D eigenvalue weighted by Crippen LogP contribution is -2.49. The van der Waals surface area contributed by atoms with Crippen molar-refractivity contribution in [1.29, 1.82) is 0 Å². The number of carbonyl (C=O) groups is 1. The van der Waals surface area contributed by atoms with E-state index in [0.29, 0.717) is 19.8 Å². The quantitative estimate of drug-likeness (QED) is 0.609. The van der Waals surface area contributed by atoms with Gasteiger partial charge < -0.3 is 4.74 Å². The summed E-state index contributed by atoms with van der Waals surface area (Å²) < 4.78 is 5.56. The van der Waals surface area contributed by atoms with Gasteiger partial charge in [-0.3, -0.25) is 14.6 Å². The number of para-hydroxylation sites is 1. The molecule has 1 amide bonds. The number of ether oxygens (including phenoxy) is 1. The first-order valence-corrected chi connectivity index (χ1v) is 11.5. The third-order valence-electron chi connectivity index (χ3n) is 5.91. The van der Waals surface area contributed by atoms with E-state index < -0.39 is 0 Å². The Labute approximate surface area is 186 Å². The van der Waals surface area contributed by atoms with Crippen molar-refractivity contribution in [2.45, 2.75) is 19.5 Å². The molecule has 3 aromatic rings. The average molecular weight is 432 g/mol. The molecule has 158 valence electrons. The number of aliphatic imine (C=N–C) groups is 1. The molecule has 1 saturated heterocycles.